The van der Waals surface area contributed by atoms with Crippen molar-refractivity contribution in [2.24, 2.45) is 0 Å². The van der Waals surface area contributed by atoms with E-state index in [0.717, 1.165) is 18.7 Å². The molecule has 4 nitrogen and oxygen atoms in total. The van der Waals surface area contributed by atoms with Gasteiger partial charge >= 0.3 is 0 Å². The molecular formula is C15H22N2O2. The van der Waals surface area contributed by atoms with Crippen molar-refractivity contribution < 1.29 is 9.53 Å². The summed E-state index contributed by atoms with van der Waals surface area (Å²) < 4.78 is 5.31. The maximum atomic E-state index is 12.2. The van der Waals surface area contributed by atoms with E-state index >= 15 is 0 Å². The molecule has 0 aliphatic carbocycles. The summed E-state index contributed by atoms with van der Waals surface area (Å²) in [5.74, 6) is 0.0817. The highest BCUT2D eigenvalue weighted by Gasteiger charge is 2.24. The summed E-state index contributed by atoms with van der Waals surface area (Å²) in [5.41, 5.74) is 1.13. The number of nitrogens with zero attached hydrogens (tertiary/aromatic N) is 1. The Balaban J connectivity index is 1.89. The van der Waals surface area contributed by atoms with Crippen molar-refractivity contribution in [1.82, 2.24) is 10.2 Å². The van der Waals surface area contributed by atoms with Crippen molar-refractivity contribution >= 4 is 5.91 Å². The molecule has 0 bridgehead atoms. The fourth-order valence-corrected chi connectivity index (χ4v) is 2.29. The number of morpholine rings is 1. The first-order chi connectivity index (χ1) is 9.18. The molecule has 0 spiro atoms. The monoisotopic (exact) mass is 262 g/mol. The Labute approximate surface area is 114 Å². The van der Waals surface area contributed by atoms with Crippen molar-refractivity contribution in [2.45, 2.75) is 25.9 Å². The molecule has 4 heteroatoms. The van der Waals surface area contributed by atoms with Crippen molar-refractivity contribution in [2.75, 3.05) is 26.3 Å². The molecule has 1 saturated heterocycles. The molecule has 19 heavy (non-hydrogen) atoms. The van der Waals surface area contributed by atoms with E-state index in [1.165, 1.54) is 0 Å². The number of benzene rings is 1. The zero-order valence-electron chi connectivity index (χ0n) is 11.6. The van der Waals surface area contributed by atoms with E-state index in [1.54, 1.807) is 0 Å². The molecule has 1 N–H and O–H groups in total. The second-order valence-corrected chi connectivity index (χ2v) is 4.97. The van der Waals surface area contributed by atoms with Crippen LogP contribution in [-0.2, 0) is 9.53 Å². The standard InChI is InChI=1S/C15H22N2O2/c1-12(14-6-4-3-5-7-14)16-15(18)13(2)17-8-10-19-11-9-17/h3-7,12-13H,8-11H2,1-2H3,(H,16,18). The fraction of sp³-hybridized carbons (Fsp3) is 0.533. The largest absolute Gasteiger partial charge is 0.379 e. The summed E-state index contributed by atoms with van der Waals surface area (Å²) in [6, 6.07) is 9.96. The summed E-state index contributed by atoms with van der Waals surface area (Å²) in [4.78, 5) is 14.4. The van der Waals surface area contributed by atoms with Gasteiger partial charge in [0.15, 0.2) is 0 Å². The van der Waals surface area contributed by atoms with Gasteiger partial charge in [0.05, 0.1) is 25.3 Å². The van der Waals surface area contributed by atoms with Crippen LogP contribution >= 0.6 is 0 Å². The van der Waals surface area contributed by atoms with Crippen LogP contribution in [0.25, 0.3) is 0 Å². The van der Waals surface area contributed by atoms with E-state index in [2.05, 4.69) is 10.2 Å². The second-order valence-electron chi connectivity index (χ2n) is 4.97. The predicted molar refractivity (Wildman–Crippen MR) is 74.9 cm³/mol. The molecule has 104 valence electrons. The Morgan fingerprint density at radius 2 is 1.84 bits per heavy atom. The summed E-state index contributed by atoms with van der Waals surface area (Å²) in [6.45, 7) is 7.05. The van der Waals surface area contributed by atoms with Gasteiger partial charge in [0.2, 0.25) is 5.91 Å². The van der Waals surface area contributed by atoms with Crippen LogP contribution in [-0.4, -0.2) is 43.2 Å². The lowest BCUT2D eigenvalue weighted by Gasteiger charge is -2.32. The molecule has 0 aromatic heterocycles. The van der Waals surface area contributed by atoms with Gasteiger partial charge in [0.1, 0.15) is 0 Å². The number of hydrogen-bond acceptors (Lipinski definition) is 3. The average Bonchev–Trinajstić information content (AvgIpc) is 2.48. The SMILES string of the molecule is CC(NC(=O)C(C)N1CCOCC1)c1ccccc1. The van der Waals surface area contributed by atoms with Gasteiger partial charge < -0.3 is 10.1 Å². The van der Waals surface area contributed by atoms with E-state index in [0.29, 0.717) is 13.2 Å². The molecular weight excluding hydrogens is 240 g/mol. The van der Waals surface area contributed by atoms with Gasteiger partial charge in [-0.15, -0.1) is 0 Å². The summed E-state index contributed by atoms with van der Waals surface area (Å²) >= 11 is 0. The first-order valence-electron chi connectivity index (χ1n) is 6.85. The maximum Gasteiger partial charge on any atom is 0.237 e. The lowest BCUT2D eigenvalue weighted by molar-refractivity contribution is -0.128. The lowest BCUT2D eigenvalue weighted by atomic mass is 10.1. The molecule has 1 fully saturated rings. The average molecular weight is 262 g/mol. The highest BCUT2D eigenvalue weighted by atomic mass is 16.5. The van der Waals surface area contributed by atoms with Crippen LogP contribution in [0.4, 0.5) is 0 Å². The number of rotatable bonds is 4. The van der Waals surface area contributed by atoms with Crippen molar-refractivity contribution in [3.63, 3.8) is 0 Å². The van der Waals surface area contributed by atoms with E-state index in [9.17, 15) is 4.79 Å². The molecule has 0 saturated carbocycles. The summed E-state index contributed by atoms with van der Waals surface area (Å²) in [7, 11) is 0. The van der Waals surface area contributed by atoms with E-state index in [4.69, 9.17) is 4.74 Å². The van der Waals surface area contributed by atoms with Gasteiger partial charge in [-0.3, -0.25) is 9.69 Å². The molecule has 1 aromatic rings. The number of carbonyl (C=O) groups excluding carboxylic acids is 1. The van der Waals surface area contributed by atoms with Crippen LogP contribution < -0.4 is 5.32 Å². The Morgan fingerprint density at radius 3 is 2.47 bits per heavy atom. The number of hydrogen-bond donors (Lipinski definition) is 1. The molecule has 0 radical (unpaired) electrons. The molecule has 2 atom stereocenters. The van der Waals surface area contributed by atoms with Gasteiger partial charge in [-0.05, 0) is 19.4 Å². The van der Waals surface area contributed by atoms with Gasteiger partial charge in [-0.2, -0.15) is 0 Å². The Hall–Kier alpha value is -1.39. The van der Waals surface area contributed by atoms with Crippen LogP contribution in [0.3, 0.4) is 0 Å². The molecule has 2 rings (SSSR count). The number of amides is 1. The zero-order valence-corrected chi connectivity index (χ0v) is 11.6. The maximum absolute atomic E-state index is 12.2. The van der Waals surface area contributed by atoms with Crippen LogP contribution in [0.5, 0.6) is 0 Å². The minimum atomic E-state index is -0.102. The Morgan fingerprint density at radius 1 is 1.21 bits per heavy atom. The van der Waals surface area contributed by atoms with E-state index in [1.807, 2.05) is 44.2 Å². The molecule has 1 heterocycles. The Bertz CT molecular complexity index is 402. The van der Waals surface area contributed by atoms with Crippen molar-refractivity contribution in [3.05, 3.63) is 35.9 Å². The third-order valence-corrected chi connectivity index (χ3v) is 3.63. The van der Waals surface area contributed by atoms with Crippen LogP contribution in [0, 0.1) is 0 Å². The zero-order chi connectivity index (χ0) is 13.7. The first kappa shape index (κ1) is 14.0. The predicted octanol–water partition coefficient (Wildman–Crippen LogP) is 1.58. The molecule has 1 amide bonds. The number of nitrogens with one attached hydrogen (secondary N) is 1. The lowest BCUT2D eigenvalue weighted by Crippen LogP contribution is -2.50. The fourth-order valence-electron chi connectivity index (χ4n) is 2.29. The van der Waals surface area contributed by atoms with Crippen LogP contribution in [0.15, 0.2) is 30.3 Å². The van der Waals surface area contributed by atoms with Gasteiger partial charge in [0, 0.05) is 13.1 Å². The smallest absolute Gasteiger partial charge is 0.237 e. The summed E-state index contributed by atoms with van der Waals surface area (Å²) in [5, 5.41) is 3.07. The molecule has 1 aliphatic heterocycles. The van der Waals surface area contributed by atoms with Crippen LogP contribution in [0.1, 0.15) is 25.5 Å². The minimum Gasteiger partial charge on any atom is -0.379 e. The third kappa shape index (κ3) is 3.78. The van der Waals surface area contributed by atoms with E-state index in [-0.39, 0.29) is 18.0 Å². The van der Waals surface area contributed by atoms with Gasteiger partial charge in [-0.25, -0.2) is 0 Å². The molecule has 1 aromatic carbocycles. The van der Waals surface area contributed by atoms with E-state index < -0.39 is 0 Å². The number of carbonyl (C=O) groups is 1. The first-order valence-corrected chi connectivity index (χ1v) is 6.85. The topological polar surface area (TPSA) is 41.6 Å². The number of ether oxygens (including phenoxy) is 1. The highest BCUT2D eigenvalue weighted by molar-refractivity contribution is 5.81. The van der Waals surface area contributed by atoms with Crippen LogP contribution in [0.2, 0.25) is 0 Å². The normalized spacial score (nSPS) is 19.7. The Kier molecular flexibility index (Phi) is 4.93. The quantitative estimate of drug-likeness (QED) is 0.896. The third-order valence-electron chi connectivity index (χ3n) is 3.63. The minimum absolute atomic E-state index is 0.0391. The van der Waals surface area contributed by atoms with Gasteiger partial charge in [0.25, 0.3) is 0 Å². The highest BCUT2D eigenvalue weighted by Crippen LogP contribution is 2.12. The second kappa shape index (κ2) is 6.68. The van der Waals surface area contributed by atoms with Gasteiger partial charge in [-0.1, -0.05) is 30.3 Å². The summed E-state index contributed by atoms with van der Waals surface area (Å²) in [6.07, 6.45) is 0. The van der Waals surface area contributed by atoms with Crippen molar-refractivity contribution in [1.29, 1.82) is 0 Å². The molecule has 1 aliphatic rings. The molecule has 2 unspecified atom stereocenters. The van der Waals surface area contributed by atoms with Crippen molar-refractivity contribution in [3.8, 4) is 0 Å².